The minimum Gasteiger partial charge on any atom is -0.493 e. The van der Waals surface area contributed by atoms with E-state index in [1.807, 2.05) is 25.1 Å². The summed E-state index contributed by atoms with van der Waals surface area (Å²) in [5, 5.41) is 16.7. The molecule has 1 fully saturated rings. The summed E-state index contributed by atoms with van der Waals surface area (Å²) in [6, 6.07) is 7.94. The molecule has 140 valence electrons. The van der Waals surface area contributed by atoms with Crippen molar-refractivity contribution in [3.05, 3.63) is 46.5 Å². The first-order valence-electron chi connectivity index (χ1n) is 9.09. The van der Waals surface area contributed by atoms with E-state index >= 15 is 0 Å². The summed E-state index contributed by atoms with van der Waals surface area (Å²) in [6.07, 6.45) is 4.78. The van der Waals surface area contributed by atoms with Gasteiger partial charge in [0, 0.05) is 11.3 Å². The van der Waals surface area contributed by atoms with Crippen LogP contribution in [-0.2, 0) is 0 Å². The van der Waals surface area contributed by atoms with E-state index in [1.165, 1.54) is 12.8 Å². The third kappa shape index (κ3) is 2.97. The Hall–Kier alpha value is -3.14. The second-order valence-corrected chi connectivity index (χ2v) is 6.93. The third-order valence-electron chi connectivity index (χ3n) is 5.25. The van der Waals surface area contributed by atoms with Gasteiger partial charge in [-0.1, -0.05) is 6.07 Å². The zero-order chi connectivity index (χ0) is 19.0. The maximum atomic E-state index is 9.66. The number of hydrogen-bond acceptors (Lipinski definition) is 6. The molecule has 0 unspecified atom stereocenters. The quantitative estimate of drug-likeness (QED) is 0.860. The lowest BCUT2D eigenvalue weighted by Crippen LogP contribution is -2.21. The Morgan fingerprint density at radius 1 is 1.30 bits per heavy atom. The molecule has 1 aromatic carbocycles. The van der Waals surface area contributed by atoms with E-state index in [1.54, 1.807) is 7.11 Å². The van der Waals surface area contributed by atoms with Crippen LogP contribution >= 0.6 is 0 Å². The lowest BCUT2D eigenvalue weighted by Gasteiger charge is -2.24. The second kappa shape index (κ2) is 6.88. The molecule has 0 radical (unpaired) electrons. The molecule has 1 aromatic heterocycles. The molecule has 0 saturated heterocycles. The Morgan fingerprint density at radius 3 is 2.78 bits per heavy atom. The number of nitrogens with two attached hydrogens (primary N) is 1. The zero-order valence-corrected chi connectivity index (χ0v) is 15.4. The van der Waals surface area contributed by atoms with Gasteiger partial charge in [-0.2, -0.15) is 5.26 Å². The molecule has 4 rings (SSSR count). The largest absolute Gasteiger partial charge is 0.493 e. The highest BCUT2D eigenvalue weighted by molar-refractivity contribution is 5.57. The fraction of sp³-hybridized carbons (Fsp3) is 0.400. The van der Waals surface area contributed by atoms with Crippen molar-refractivity contribution in [1.82, 2.24) is 10.2 Å². The van der Waals surface area contributed by atoms with Gasteiger partial charge < -0.3 is 19.9 Å². The van der Waals surface area contributed by atoms with E-state index in [2.05, 4.69) is 16.3 Å². The van der Waals surface area contributed by atoms with Crippen molar-refractivity contribution < 1.29 is 14.2 Å². The fourth-order valence-electron chi connectivity index (χ4n) is 3.88. The summed E-state index contributed by atoms with van der Waals surface area (Å²) in [5.41, 5.74) is 8.86. The van der Waals surface area contributed by atoms with Crippen LogP contribution in [0.25, 0.3) is 0 Å². The van der Waals surface area contributed by atoms with Crippen molar-refractivity contribution in [2.75, 3.05) is 7.11 Å². The number of allylic oxidation sites excluding steroid dienone is 1. The van der Waals surface area contributed by atoms with Crippen LogP contribution in [0.2, 0.25) is 0 Å². The van der Waals surface area contributed by atoms with Crippen LogP contribution in [0.5, 0.6) is 17.4 Å². The summed E-state index contributed by atoms with van der Waals surface area (Å²) >= 11 is 0. The number of hydrogen-bond donors (Lipinski definition) is 2. The molecule has 1 aliphatic carbocycles. The van der Waals surface area contributed by atoms with Gasteiger partial charge in [0.15, 0.2) is 11.5 Å². The summed E-state index contributed by atoms with van der Waals surface area (Å²) in [6.45, 7) is 1.90. The Kier molecular flexibility index (Phi) is 4.40. The van der Waals surface area contributed by atoms with Crippen molar-refractivity contribution >= 4 is 0 Å². The number of nitrogens with one attached hydrogen (secondary N) is 1. The summed E-state index contributed by atoms with van der Waals surface area (Å²) < 4.78 is 17.2. The van der Waals surface area contributed by atoms with Crippen LogP contribution in [0.3, 0.4) is 0 Å². The van der Waals surface area contributed by atoms with E-state index in [9.17, 15) is 5.26 Å². The number of H-pyrrole nitrogens is 1. The number of methoxy groups -OCH3 is 1. The number of aryl methyl sites for hydroxylation is 1. The fourth-order valence-corrected chi connectivity index (χ4v) is 3.88. The maximum Gasteiger partial charge on any atom is 0.244 e. The zero-order valence-electron chi connectivity index (χ0n) is 15.4. The van der Waals surface area contributed by atoms with Gasteiger partial charge in [-0.3, -0.25) is 5.10 Å². The van der Waals surface area contributed by atoms with Crippen molar-refractivity contribution in [2.24, 2.45) is 5.73 Å². The van der Waals surface area contributed by atoms with Crippen LogP contribution in [0.15, 0.2) is 29.7 Å². The molecule has 3 N–H and O–H groups in total. The minimum atomic E-state index is -0.369. The van der Waals surface area contributed by atoms with Gasteiger partial charge in [0.25, 0.3) is 0 Å². The van der Waals surface area contributed by atoms with E-state index < -0.39 is 0 Å². The molecule has 0 spiro atoms. The smallest absolute Gasteiger partial charge is 0.244 e. The third-order valence-corrected chi connectivity index (χ3v) is 5.25. The molecular weight excluding hydrogens is 344 g/mol. The van der Waals surface area contributed by atoms with E-state index in [-0.39, 0.29) is 17.9 Å². The van der Waals surface area contributed by atoms with Crippen LogP contribution < -0.4 is 19.9 Å². The van der Waals surface area contributed by atoms with Gasteiger partial charge in [-0.15, -0.1) is 5.10 Å². The molecule has 27 heavy (non-hydrogen) atoms. The van der Waals surface area contributed by atoms with Gasteiger partial charge >= 0.3 is 0 Å². The Morgan fingerprint density at radius 2 is 2.07 bits per heavy atom. The molecule has 1 aliphatic heterocycles. The van der Waals surface area contributed by atoms with Crippen molar-refractivity contribution in [1.29, 1.82) is 5.26 Å². The number of fused-ring (bicyclic) bond motifs is 1. The number of benzene rings is 1. The van der Waals surface area contributed by atoms with Gasteiger partial charge in [-0.05, 0) is 50.3 Å². The first kappa shape index (κ1) is 17.3. The second-order valence-electron chi connectivity index (χ2n) is 6.93. The van der Waals surface area contributed by atoms with Gasteiger partial charge in [0.05, 0.1) is 19.1 Å². The average Bonchev–Trinajstić information content (AvgIpc) is 3.31. The van der Waals surface area contributed by atoms with E-state index in [0.29, 0.717) is 17.2 Å². The van der Waals surface area contributed by atoms with Crippen molar-refractivity contribution in [2.45, 2.75) is 44.6 Å². The number of ether oxygens (including phenoxy) is 3. The minimum absolute atomic E-state index is 0.0757. The monoisotopic (exact) mass is 366 g/mol. The van der Waals surface area contributed by atoms with Crippen molar-refractivity contribution in [3.8, 4) is 23.4 Å². The van der Waals surface area contributed by atoms with Gasteiger partial charge in [0.1, 0.15) is 11.6 Å². The molecule has 2 aliphatic rings. The van der Waals surface area contributed by atoms with Crippen LogP contribution in [-0.4, -0.2) is 23.4 Å². The molecule has 7 heteroatoms. The summed E-state index contributed by atoms with van der Waals surface area (Å²) in [5.74, 6) is 1.47. The Labute approximate surface area is 157 Å². The SMILES string of the molecule is COc1cc([C@H]2C(C#N)=C(N)Oc3n[nH]c(C)c32)ccc1OC1CCCC1. The predicted octanol–water partition coefficient (Wildman–Crippen LogP) is 3.27. The van der Waals surface area contributed by atoms with Gasteiger partial charge in [0.2, 0.25) is 11.8 Å². The number of aromatic amines is 1. The van der Waals surface area contributed by atoms with Crippen molar-refractivity contribution in [3.63, 3.8) is 0 Å². The topological polar surface area (TPSA) is 106 Å². The Balaban J connectivity index is 1.75. The number of nitriles is 1. The average molecular weight is 366 g/mol. The van der Waals surface area contributed by atoms with Crippen LogP contribution in [0.4, 0.5) is 0 Å². The molecule has 2 heterocycles. The molecule has 1 atom stereocenters. The molecule has 7 nitrogen and oxygen atoms in total. The molecule has 0 amide bonds. The maximum absolute atomic E-state index is 9.66. The van der Waals surface area contributed by atoms with E-state index in [0.717, 1.165) is 35.4 Å². The number of aromatic nitrogens is 2. The highest BCUT2D eigenvalue weighted by atomic mass is 16.5. The summed E-state index contributed by atoms with van der Waals surface area (Å²) in [4.78, 5) is 0. The molecular formula is C20H22N4O3. The van der Waals surface area contributed by atoms with Gasteiger partial charge in [-0.25, -0.2) is 0 Å². The molecule has 0 bridgehead atoms. The lowest BCUT2D eigenvalue weighted by molar-refractivity contribution is 0.200. The number of nitrogens with zero attached hydrogens (tertiary/aromatic N) is 2. The molecule has 1 saturated carbocycles. The van der Waals surface area contributed by atoms with E-state index in [4.69, 9.17) is 19.9 Å². The highest BCUT2D eigenvalue weighted by Crippen LogP contribution is 2.44. The standard InChI is InChI=1S/C20H22N4O3/c1-11-17-18(14(10-21)19(22)27-20(17)24-23-11)12-7-8-15(16(9-12)25-2)26-13-5-3-4-6-13/h7-9,13,18H,3-6,22H2,1-2H3,(H,23,24)/t18-/m0/s1. The van der Waals surface area contributed by atoms with Crippen LogP contribution in [0.1, 0.15) is 48.4 Å². The first-order valence-corrected chi connectivity index (χ1v) is 9.09. The number of rotatable bonds is 4. The van der Waals surface area contributed by atoms with Crippen LogP contribution in [0, 0.1) is 18.3 Å². The normalized spacial score (nSPS) is 19.4. The Bertz CT molecular complexity index is 935. The summed E-state index contributed by atoms with van der Waals surface area (Å²) in [7, 11) is 1.62. The highest BCUT2D eigenvalue weighted by Gasteiger charge is 2.34. The lowest BCUT2D eigenvalue weighted by atomic mass is 9.84. The first-order chi connectivity index (χ1) is 13.1. The predicted molar refractivity (Wildman–Crippen MR) is 98.5 cm³/mol. The molecule has 2 aromatic rings.